The third-order valence-electron chi connectivity index (χ3n) is 5.07. The van der Waals surface area contributed by atoms with E-state index in [-0.39, 0.29) is 23.6 Å². The summed E-state index contributed by atoms with van der Waals surface area (Å²) in [6, 6.07) is 6.24. The van der Waals surface area contributed by atoms with Gasteiger partial charge in [0.25, 0.3) is 5.91 Å². The zero-order valence-electron chi connectivity index (χ0n) is 18.3. The number of aliphatic hydroxyl groups excluding tert-OH is 1. The van der Waals surface area contributed by atoms with Crippen LogP contribution in [0.5, 0.6) is 11.5 Å². The second kappa shape index (κ2) is 9.38. The van der Waals surface area contributed by atoms with E-state index < -0.39 is 35.1 Å². The highest BCUT2D eigenvalue weighted by Gasteiger charge is 2.45. The number of anilines is 1. The van der Waals surface area contributed by atoms with E-state index in [9.17, 15) is 23.5 Å². The first-order valence-corrected chi connectivity index (χ1v) is 10.2. The number of ether oxygens (including phenoxy) is 2. The van der Waals surface area contributed by atoms with Crippen molar-refractivity contribution in [3.05, 3.63) is 64.9 Å². The molecule has 8 heteroatoms. The molecule has 2 aromatic carbocycles. The average Bonchev–Trinajstić information content (AvgIpc) is 3.00. The van der Waals surface area contributed by atoms with Crippen molar-refractivity contribution in [1.82, 2.24) is 0 Å². The topological polar surface area (TPSA) is 76.1 Å². The van der Waals surface area contributed by atoms with Gasteiger partial charge in [0.1, 0.15) is 11.6 Å². The number of hydrogen-bond donors (Lipinski definition) is 1. The number of methoxy groups -OCH3 is 1. The standard InChI is InChI=1S/C24H25F2NO5/c1-5-32-20-11-14(6-9-19(20)31-4)22-21(18(28)10-13(2)3)23(29)24(30)27(22)17-12-15(25)7-8-16(17)26/h6-9,11-13,22,29H,5,10H2,1-4H3. The summed E-state index contributed by atoms with van der Waals surface area (Å²) in [5, 5.41) is 10.6. The van der Waals surface area contributed by atoms with E-state index >= 15 is 0 Å². The summed E-state index contributed by atoms with van der Waals surface area (Å²) in [4.78, 5) is 26.9. The Hall–Kier alpha value is -3.42. The largest absolute Gasteiger partial charge is 0.503 e. The molecule has 0 saturated carbocycles. The molecule has 0 fully saturated rings. The number of aliphatic hydroxyl groups is 1. The van der Waals surface area contributed by atoms with Crippen molar-refractivity contribution in [3.63, 3.8) is 0 Å². The highest BCUT2D eigenvalue weighted by atomic mass is 19.1. The van der Waals surface area contributed by atoms with Crippen molar-refractivity contribution in [2.45, 2.75) is 33.2 Å². The molecule has 1 unspecified atom stereocenters. The van der Waals surface area contributed by atoms with E-state index in [4.69, 9.17) is 9.47 Å². The molecule has 0 spiro atoms. The lowest BCUT2D eigenvalue weighted by Gasteiger charge is -2.28. The van der Waals surface area contributed by atoms with Crippen molar-refractivity contribution < 1.29 is 33.0 Å². The van der Waals surface area contributed by atoms with Gasteiger partial charge < -0.3 is 14.6 Å². The lowest BCUT2D eigenvalue weighted by Crippen LogP contribution is -2.32. The molecule has 1 amide bonds. The predicted molar refractivity (Wildman–Crippen MR) is 115 cm³/mol. The zero-order chi connectivity index (χ0) is 23.6. The maximum atomic E-state index is 14.7. The number of amides is 1. The smallest absolute Gasteiger partial charge is 0.294 e. The summed E-state index contributed by atoms with van der Waals surface area (Å²) < 4.78 is 39.5. The van der Waals surface area contributed by atoms with Crippen LogP contribution in [0.15, 0.2) is 47.7 Å². The van der Waals surface area contributed by atoms with E-state index in [0.29, 0.717) is 23.7 Å². The number of hydrogen-bond acceptors (Lipinski definition) is 5. The van der Waals surface area contributed by atoms with Gasteiger partial charge in [0.2, 0.25) is 0 Å². The highest BCUT2D eigenvalue weighted by molar-refractivity contribution is 6.16. The number of carbonyl (C=O) groups excluding carboxylic acids is 2. The fourth-order valence-corrected chi connectivity index (χ4v) is 3.74. The third kappa shape index (κ3) is 4.30. The monoisotopic (exact) mass is 445 g/mol. The Morgan fingerprint density at radius 1 is 1.16 bits per heavy atom. The predicted octanol–water partition coefficient (Wildman–Crippen LogP) is 4.89. The van der Waals surface area contributed by atoms with Crippen LogP contribution in [0, 0.1) is 17.6 Å². The summed E-state index contributed by atoms with van der Waals surface area (Å²) in [6.45, 7) is 5.76. The first-order chi connectivity index (χ1) is 15.2. The number of halogens is 2. The van der Waals surface area contributed by atoms with Gasteiger partial charge in [-0.3, -0.25) is 14.5 Å². The van der Waals surface area contributed by atoms with Crippen molar-refractivity contribution in [2.75, 3.05) is 18.6 Å². The van der Waals surface area contributed by atoms with Gasteiger partial charge in [-0.2, -0.15) is 0 Å². The van der Waals surface area contributed by atoms with E-state index in [1.807, 2.05) is 13.8 Å². The number of nitrogens with zero attached hydrogens (tertiary/aromatic N) is 1. The number of Topliss-reactive ketones (excluding diaryl/α,β-unsaturated/α-hetero) is 1. The van der Waals surface area contributed by atoms with Crippen LogP contribution in [0.1, 0.15) is 38.8 Å². The van der Waals surface area contributed by atoms with E-state index in [1.54, 1.807) is 25.1 Å². The van der Waals surface area contributed by atoms with Gasteiger partial charge in [0.05, 0.1) is 31.0 Å². The zero-order valence-corrected chi connectivity index (χ0v) is 18.3. The van der Waals surface area contributed by atoms with E-state index in [1.165, 1.54) is 7.11 Å². The minimum Gasteiger partial charge on any atom is -0.503 e. The quantitative estimate of drug-likeness (QED) is 0.626. The summed E-state index contributed by atoms with van der Waals surface area (Å²) in [5.74, 6) is -3.13. The van der Waals surface area contributed by atoms with Crippen LogP contribution in [0.25, 0.3) is 0 Å². The molecule has 2 aromatic rings. The first-order valence-electron chi connectivity index (χ1n) is 10.2. The molecule has 0 saturated heterocycles. The Bertz CT molecular complexity index is 1080. The second-order valence-corrected chi connectivity index (χ2v) is 7.80. The lowest BCUT2D eigenvalue weighted by molar-refractivity contribution is -0.118. The highest BCUT2D eigenvalue weighted by Crippen LogP contribution is 2.44. The van der Waals surface area contributed by atoms with Crippen molar-refractivity contribution in [2.24, 2.45) is 5.92 Å². The molecule has 3 rings (SSSR count). The maximum Gasteiger partial charge on any atom is 0.294 e. The SMILES string of the molecule is CCOc1cc(C2C(C(=O)CC(C)C)=C(O)C(=O)N2c2cc(F)ccc2F)ccc1OC. The van der Waals surface area contributed by atoms with Crippen LogP contribution in [-0.2, 0) is 9.59 Å². The first kappa shape index (κ1) is 23.2. The summed E-state index contributed by atoms with van der Waals surface area (Å²) in [7, 11) is 1.47. The van der Waals surface area contributed by atoms with Gasteiger partial charge in [-0.05, 0) is 42.7 Å². The minimum absolute atomic E-state index is 0.0478. The Morgan fingerprint density at radius 3 is 2.50 bits per heavy atom. The van der Waals surface area contributed by atoms with Gasteiger partial charge in [0.15, 0.2) is 23.0 Å². The summed E-state index contributed by atoms with van der Waals surface area (Å²) in [5.41, 5.74) is -0.171. The lowest BCUT2D eigenvalue weighted by atomic mass is 9.91. The van der Waals surface area contributed by atoms with Crippen LogP contribution in [0.3, 0.4) is 0 Å². The second-order valence-electron chi connectivity index (χ2n) is 7.80. The van der Waals surface area contributed by atoms with Crippen molar-refractivity contribution >= 4 is 17.4 Å². The van der Waals surface area contributed by atoms with Crippen molar-refractivity contribution in [1.29, 1.82) is 0 Å². The summed E-state index contributed by atoms with van der Waals surface area (Å²) >= 11 is 0. The van der Waals surface area contributed by atoms with Crippen LogP contribution in [0.4, 0.5) is 14.5 Å². The maximum absolute atomic E-state index is 14.7. The van der Waals surface area contributed by atoms with Gasteiger partial charge >= 0.3 is 0 Å². The Morgan fingerprint density at radius 2 is 1.88 bits per heavy atom. The number of carbonyl (C=O) groups is 2. The third-order valence-corrected chi connectivity index (χ3v) is 5.07. The van der Waals surface area contributed by atoms with E-state index in [2.05, 4.69) is 0 Å². The van der Waals surface area contributed by atoms with Gasteiger partial charge in [-0.1, -0.05) is 19.9 Å². The molecule has 1 heterocycles. The number of benzene rings is 2. The molecule has 0 radical (unpaired) electrons. The number of rotatable bonds is 8. The molecule has 0 aliphatic carbocycles. The fraction of sp³-hybridized carbons (Fsp3) is 0.333. The molecular formula is C24H25F2NO5. The molecule has 0 aromatic heterocycles. The molecule has 1 aliphatic heterocycles. The Balaban J connectivity index is 2.23. The molecule has 6 nitrogen and oxygen atoms in total. The molecule has 1 aliphatic rings. The van der Waals surface area contributed by atoms with Gasteiger partial charge in [-0.15, -0.1) is 0 Å². The summed E-state index contributed by atoms with van der Waals surface area (Å²) in [6.07, 6.45) is 0.0666. The van der Waals surface area contributed by atoms with Crippen LogP contribution >= 0.6 is 0 Å². The van der Waals surface area contributed by atoms with Crippen LogP contribution in [0.2, 0.25) is 0 Å². The molecule has 170 valence electrons. The number of ketones is 1. The molecule has 0 bridgehead atoms. The van der Waals surface area contributed by atoms with E-state index in [0.717, 1.165) is 23.1 Å². The van der Waals surface area contributed by atoms with Crippen molar-refractivity contribution in [3.8, 4) is 11.5 Å². The normalized spacial score (nSPS) is 16.2. The van der Waals surface area contributed by atoms with Gasteiger partial charge in [0, 0.05) is 12.5 Å². The molecule has 32 heavy (non-hydrogen) atoms. The molecule has 1 N–H and O–H groups in total. The molecule has 1 atom stereocenters. The Kier molecular flexibility index (Phi) is 6.81. The van der Waals surface area contributed by atoms with Gasteiger partial charge in [-0.25, -0.2) is 8.78 Å². The minimum atomic E-state index is -1.17. The fourth-order valence-electron chi connectivity index (χ4n) is 3.74. The van der Waals surface area contributed by atoms with Crippen LogP contribution in [-0.4, -0.2) is 30.5 Å². The average molecular weight is 445 g/mol. The van der Waals surface area contributed by atoms with Crippen LogP contribution < -0.4 is 14.4 Å². The molecular weight excluding hydrogens is 420 g/mol. The Labute approximate surface area is 185 Å².